The second kappa shape index (κ2) is 6.48. The summed E-state index contributed by atoms with van der Waals surface area (Å²) in [5, 5.41) is 3.14. The van der Waals surface area contributed by atoms with Crippen molar-refractivity contribution in [1.29, 1.82) is 0 Å². The number of fused-ring (bicyclic) bond motifs is 1. The van der Waals surface area contributed by atoms with Gasteiger partial charge in [0.25, 0.3) is 0 Å². The van der Waals surface area contributed by atoms with Crippen molar-refractivity contribution >= 4 is 5.69 Å². The summed E-state index contributed by atoms with van der Waals surface area (Å²) in [7, 11) is 1.89. The molecule has 1 unspecified atom stereocenters. The second-order valence-corrected chi connectivity index (χ2v) is 6.18. The van der Waals surface area contributed by atoms with Crippen molar-refractivity contribution in [2.75, 3.05) is 12.4 Å². The van der Waals surface area contributed by atoms with Gasteiger partial charge in [0, 0.05) is 31.9 Å². The Balaban J connectivity index is 1.80. The van der Waals surface area contributed by atoms with Crippen LogP contribution >= 0.6 is 0 Å². The van der Waals surface area contributed by atoms with Gasteiger partial charge in [-0.05, 0) is 47.4 Å². The van der Waals surface area contributed by atoms with Crippen LogP contribution in [-0.2, 0) is 19.3 Å². The topological polar surface area (TPSA) is 15.3 Å². The molecule has 0 amide bonds. The van der Waals surface area contributed by atoms with Gasteiger partial charge in [-0.25, -0.2) is 0 Å². The number of anilines is 1. The zero-order valence-corrected chi connectivity index (χ0v) is 13.8. The molecule has 0 aliphatic carbocycles. The Hall–Kier alpha value is -2.01. The highest BCUT2D eigenvalue weighted by Gasteiger charge is 2.31. The summed E-state index contributed by atoms with van der Waals surface area (Å²) >= 11 is 0. The fourth-order valence-corrected chi connectivity index (χ4v) is 3.40. The fraction of sp³-hybridized carbons (Fsp3) is 0.368. The number of hydrogen-bond donors (Lipinski definition) is 1. The summed E-state index contributed by atoms with van der Waals surface area (Å²) in [5.74, 6) is 0. The summed E-state index contributed by atoms with van der Waals surface area (Å²) < 4.78 is 38.2. The largest absolute Gasteiger partial charge is 0.416 e. The van der Waals surface area contributed by atoms with Gasteiger partial charge in [-0.1, -0.05) is 25.1 Å². The van der Waals surface area contributed by atoms with Crippen LogP contribution < -0.4 is 5.32 Å². The van der Waals surface area contributed by atoms with Crippen LogP contribution in [0.25, 0.3) is 0 Å². The normalized spacial score (nSPS) is 16.0. The highest BCUT2D eigenvalue weighted by Crippen LogP contribution is 2.36. The minimum atomic E-state index is -4.28. The zero-order chi connectivity index (χ0) is 17.3. The van der Waals surface area contributed by atoms with Crippen LogP contribution in [0.5, 0.6) is 0 Å². The quantitative estimate of drug-likeness (QED) is 0.825. The van der Waals surface area contributed by atoms with E-state index in [1.165, 1.54) is 23.3 Å². The van der Waals surface area contributed by atoms with E-state index >= 15 is 0 Å². The molecule has 128 valence electrons. The molecule has 0 fully saturated rings. The van der Waals surface area contributed by atoms with Crippen molar-refractivity contribution in [2.45, 2.75) is 38.7 Å². The van der Waals surface area contributed by atoms with Crippen LogP contribution in [-0.4, -0.2) is 11.9 Å². The Morgan fingerprint density at radius 3 is 2.29 bits per heavy atom. The smallest absolute Gasteiger partial charge is 0.388 e. The van der Waals surface area contributed by atoms with Crippen LogP contribution in [0.2, 0.25) is 0 Å². The molecular weight excluding hydrogens is 313 g/mol. The Morgan fingerprint density at radius 1 is 1.04 bits per heavy atom. The molecule has 1 aliphatic rings. The van der Waals surface area contributed by atoms with Crippen LogP contribution in [0.4, 0.5) is 18.9 Å². The molecule has 2 nitrogen and oxygen atoms in total. The second-order valence-electron chi connectivity index (χ2n) is 6.18. The van der Waals surface area contributed by atoms with Crippen molar-refractivity contribution in [1.82, 2.24) is 4.90 Å². The molecule has 5 heteroatoms. The first-order chi connectivity index (χ1) is 11.4. The number of rotatable bonds is 4. The predicted molar refractivity (Wildman–Crippen MR) is 89.7 cm³/mol. The standard InChI is InChI=1S/C19H21F3N2/c1-3-18(13-4-7-16(8-5-13)19(20,21)22)24-11-14-6-9-17(23-2)10-15(14)12-24/h4-10,18,23H,3,11-12H2,1-2H3. The summed E-state index contributed by atoms with van der Waals surface area (Å²) in [6.07, 6.45) is -3.42. The molecule has 1 atom stereocenters. The van der Waals surface area contributed by atoms with E-state index in [1.54, 1.807) is 12.1 Å². The van der Waals surface area contributed by atoms with E-state index in [4.69, 9.17) is 0 Å². The van der Waals surface area contributed by atoms with Gasteiger partial charge in [-0.15, -0.1) is 0 Å². The minimum Gasteiger partial charge on any atom is -0.388 e. The molecule has 1 aliphatic heterocycles. The maximum Gasteiger partial charge on any atom is 0.416 e. The number of alkyl halides is 3. The molecule has 24 heavy (non-hydrogen) atoms. The van der Waals surface area contributed by atoms with E-state index in [0.29, 0.717) is 0 Å². The van der Waals surface area contributed by atoms with E-state index in [1.807, 2.05) is 7.05 Å². The third-order valence-electron chi connectivity index (χ3n) is 4.69. The van der Waals surface area contributed by atoms with Gasteiger partial charge in [0.05, 0.1) is 5.56 Å². The molecule has 0 bridgehead atoms. The predicted octanol–water partition coefficient (Wildman–Crippen LogP) is 5.21. The van der Waals surface area contributed by atoms with Crippen molar-refractivity contribution in [3.8, 4) is 0 Å². The average Bonchev–Trinajstić information content (AvgIpc) is 2.97. The Bertz CT molecular complexity index is 708. The molecule has 0 spiro atoms. The lowest BCUT2D eigenvalue weighted by Gasteiger charge is -2.27. The molecule has 0 saturated carbocycles. The minimum absolute atomic E-state index is 0.123. The molecular formula is C19H21F3N2. The van der Waals surface area contributed by atoms with Crippen molar-refractivity contribution in [2.24, 2.45) is 0 Å². The van der Waals surface area contributed by atoms with Crippen LogP contribution in [0, 0.1) is 0 Å². The Morgan fingerprint density at radius 2 is 1.71 bits per heavy atom. The van der Waals surface area contributed by atoms with E-state index in [9.17, 15) is 13.2 Å². The van der Waals surface area contributed by atoms with E-state index in [0.717, 1.165) is 30.8 Å². The Labute approximate surface area is 140 Å². The molecule has 2 aromatic rings. The highest BCUT2D eigenvalue weighted by atomic mass is 19.4. The van der Waals surface area contributed by atoms with Gasteiger partial charge in [0.2, 0.25) is 0 Å². The van der Waals surface area contributed by atoms with Gasteiger partial charge < -0.3 is 5.32 Å². The lowest BCUT2D eigenvalue weighted by molar-refractivity contribution is -0.137. The van der Waals surface area contributed by atoms with E-state index in [-0.39, 0.29) is 6.04 Å². The maximum atomic E-state index is 12.7. The summed E-state index contributed by atoms with van der Waals surface area (Å²) in [6.45, 7) is 3.73. The molecule has 1 N–H and O–H groups in total. The SMILES string of the molecule is CCC(c1ccc(C(F)(F)F)cc1)N1Cc2ccc(NC)cc2C1. The third kappa shape index (κ3) is 3.26. The monoisotopic (exact) mass is 334 g/mol. The molecule has 2 aromatic carbocycles. The number of nitrogens with zero attached hydrogens (tertiary/aromatic N) is 1. The van der Waals surface area contributed by atoms with Gasteiger partial charge in [-0.3, -0.25) is 4.90 Å². The molecule has 0 aromatic heterocycles. The maximum absolute atomic E-state index is 12.7. The number of benzene rings is 2. The van der Waals surface area contributed by atoms with Crippen LogP contribution in [0.3, 0.4) is 0 Å². The highest BCUT2D eigenvalue weighted by molar-refractivity contribution is 5.49. The molecule has 1 heterocycles. The summed E-state index contributed by atoms with van der Waals surface area (Å²) in [4.78, 5) is 2.33. The summed E-state index contributed by atoms with van der Waals surface area (Å²) in [5.41, 5.74) is 4.00. The Kier molecular flexibility index (Phi) is 4.54. The first-order valence-electron chi connectivity index (χ1n) is 8.13. The van der Waals surface area contributed by atoms with Gasteiger partial charge >= 0.3 is 6.18 Å². The van der Waals surface area contributed by atoms with Crippen LogP contribution in [0.1, 0.15) is 41.6 Å². The van der Waals surface area contributed by atoms with Crippen molar-refractivity contribution < 1.29 is 13.2 Å². The lowest BCUT2D eigenvalue weighted by Crippen LogP contribution is -2.22. The number of hydrogen-bond acceptors (Lipinski definition) is 2. The zero-order valence-electron chi connectivity index (χ0n) is 13.8. The third-order valence-corrected chi connectivity index (χ3v) is 4.69. The molecule has 0 radical (unpaired) electrons. The first-order valence-corrected chi connectivity index (χ1v) is 8.13. The average molecular weight is 334 g/mol. The van der Waals surface area contributed by atoms with Crippen molar-refractivity contribution in [3.63, 3.8) is 0 Å². The molecule has 3 rings (SSSR count). The lowest BCUT2D eigenvalue weighted by atomic mass is 10.0. The van der Waals surface area contributed by atoms with Gasteiger partial charge in [-0.2, -0.15) is 13.2 Å². The molecule has 0 saturated heterocycles. The number of halogens is 3. The fourth-order valence-electron chi connectivity index (χ4n) is 3.40. The summed E-state index contributed by atoms with van der Waals surface area (Å²) in [6, 6.07) is 12.0. The van der Waals surface area contributed by atoms with Crippen molar-refractivity contribution in [3.05, 3.63) is 64.7 Å². The number of nitrogens with one attached hydrogen (secondary N) is 1. The van der Waals surface area contributed by atoms with E-state index in [2.05, 4.69) is 35.3 Å². The van der Waals surface area contributed by atoms with Crippen LogP contribution in [0.15, 0.2) is 42.5 Å². The first kappa shape index (κ1) is 16.8. The van der Waals surface area contributed by atoms with Gasteiger partial charge in [0.15, 0.2) is 0 Å². The van der Waals surface area contributed by atoms with Gasteiger partial charge in [0.1, 0.15) is 0 Å². The van der Waals surface area contributed by atoms with E-state index < -0.39 is 11.7 Å².